The molecule has 0 unspecified atom stereocenters. The number of hydrogen-bond acceptors (Lipinski definition) is 4. The van der Waals surface area contributed by atoms with Crippen molar-refractivity contribution in [2.24, 2.45) is 0 Å². The SMILES string of the molecule is O=C(O)c1oc2cc(O)ccc2c(=O)c1-c1ccc(F)cc1. The highest BCUT2D eigenvalue weighted by Crippen LogP contribution is 2.26. The minimum Gasteiger partial charge on any atom is -0.508 e. The third-order valence-corrected chi connectivity index (χ3v) is 3.20. The summed E-state index contributed by atoms with van der Waals surface area (Å²) in [5, 5.41) is 18.8. The molecule has 3 aromatic rings. The number of fused-ring (bicyclic) bond motifs is 1. The summed E-state index contributed by atoms with van der Waals surface area (Å²) in [5.74, 6) is -2.64. The lowest BCUT2D eigenvalue weighted by molar-refractivity contribution is 0.0664. The molecular formula is C16H9FO5. The maximum atomic E-state index is 13.0. The van der Waals surface area contributed by atoms with E-state index in [0.717, 1.165) is 18.2 Å². The van der Waals surface area contributed by atoms with Crippen molar-refractivity contribution >= 4 is 16.9 Å². The van der Waals surface area contributed by atoms with E-state index in [1.807, 2.05) is 0 Å². The van der Waals surface area contributed by atoms with E-state index in [0.29, 0.717) is 0 Å². The van der Waals surface area contributed by atoms with Crippen LogP contribution in [0.15, 0.2) is 51.7 Å². The number of phenolic OH excluding ortho intramolecular Hbond substituents is 1. The predicted octanol–water partition coefficient (Wildman–Crippen LogP) is 3.00. The van der Waals surface area contributed by atoms with Crippen LogP contribution in [0.2, 0.25) is 0 Å². The number of carbonyl (C=O) groups is 1. The Morgan fingerprint density at radius 1 is 1.09 bits per heavy atom. The quantitative estimate of drug-likeness (QED) is 0.759. The molecule has 110 valence electrons. The van der Waals surface area contributed by atoms with Crippen LogP contribution in [-0.4, -0.2) is 16.2 Å². The summed E-state index contributed by atoms with van der Waals surface area (Å²) in [6.07, 6.45) is 0. The fourth-order valence-corrected chi connectivity index (χ4v) is 2.21. The number of carboxylic acid groups (broad SMARTS) is 1. The second-order valence-corrected chi connectivity index (χ2v) is 4.63. The molecule has 2 aromatic carbocycles. The van der Waals surface area contributed by atoms with Gasteiger partial charge in [0.25, 0.3) is 0 Å². The number of carboxylic acids is 1. The highest BCUT2D eigenvalue weighted by Gasteiger charge is 2.21. The summed E-state index contributed by atoms with van der Waals surface area (Å²) >= 11 is 0. The number of benzene rings is 2. The number of phenols is 1. The van der Waals surface area contributed by atoms with Gasteiger partial charge in [0.1, 0.15) is 17.1 Å². The van der Waals surface area contributed by atoms with Gasteiger partial charge in [0.15, 0.2) is 0 Å². The molecule has 0 spiro atoms. The smallest absolute Gasteiger partial charge is 0.372 e. The molecule has 0 fully saturated rings. The van der Waals surface area contributed by atoms with Gasteiger partial charge in [-0.3, -0.25) is 4.79 Å². The maximum absolute atomic E-state index is 13.0. The number of aromatic carboxylic acids is 1. The molecule has 0 aliphatic rings. The zero-order valence-electron chi connectivity index (χ0n) is 11.0. The van der Waals surface area contributed by atoms with Gasteiger partial charge in [0.2, 0.25) is 11.2 Å². The first-order chi connectivity index (χ1) is 10.5. The van der Waals surface area contributed by atoms with E-state index in [9.17, 15) is 24.2 Å². The molecule has 2 N–H and O–H groups in total. The molecule has 0 saturated heterocycles. The fourth-order valence-electron chi connectivity index (χ4n) is 2.21. The van der Waals surface area contributed by atoms with Gasteiger partial charge in [-0.1, -0.05) is 12.1 Å². The van der Waals surface area contributed by atoms with E-state index >= 15 is 0 Å². The van der Waals surface area contributed by atoms with Crippen molar-refractivity contribution < 1.29 is 23.8 Å². The minimum absolute atomic E-state index is 0.0340. The Morgan fingerprint density at radius 3 is 2.41 bits per heavy atom. The Morgan fingerprint density at radius 2 is 1.77 bits per heavy atom. The first kappa shape index (κ1) is 13.8. The van der Waals surface area contributed by atoms with E-state index in [4.69, 9.17) is 4.42 Å². The topological polar surface area (TPSA) is 87.7 Å². The summed E-state index contributed by atoms with van der Waals surface area (Å²) in [5.41, 5.74) is -0.522. The van der Waals surface area contributed by atoms with Crippen LogP contribution in [0, 0.1) is 5.82 Å². The number of rotatable bonds is 2. The van der Waals surface area contributed by atoms with Gasteiger partial charge in [-0.05, 0) is 29.8 Å². The summed E-state index contributed by atoms with van der Waals surface area (Å²) in [4.78, 5) is 23.9. The van der Waals surface area contributed by atoms with Crippen LogP contribution in [0.1, 0.15) is 10.6 Å². The molecule has 0 radical (unpaired) electrons. The Hall–Kier alpha value is -3.15. The molecule has 3 rings (SSSR count). The van der Waals surface area contributed by atoms with Crippen molar-refractivity contribution in [1.29, 1.82) is 0 Å². The van der Waals surface area contributed by atoms with Gasteiger partial charge < -0.3 is 14.6 Å². The summed E-state index contributed by atoms with van der Waals surface area (Å²) in [6, 6.07) is 8.67. The minimum atomic E-state index is -1.43. The van der Waals surface area contributed by atoms with Gasteiger partial charge in [-0.15, -0.1) is 0 Å². The molecular weight excluding hydrogens is 291 g/mol. The zero-order valence-corrected chi connectivity index (χ0v) is 11.0. The van der Waals surface area contributed by atoms with Crippen molar-refractivity contribution in [2.45, 2.75) is 0 Å². The molecule has 0 aliphatic carbocycles. The number of hydrogen-bond donors (Lipinski definition) is 2. The van der Waals surface area contributed by atoms with Crippen LogP contribution in [0.5, 0.6) is 5.75 Å². The van der Waals surface area contributed by atoms with Crippen LogP contribution in [0.3, 0.4) is 0 Å². The zero-order chi connectivity index (χ0) is 15.9. The van der Waals surface area contributed by atoms with E-state index < -0.39 is 23.0 Å². The lowest BCUT2D eigenvalue weighted by atomic mass is 10.0. The van der Waals surface area contributed by atoms with E-state index in [-0.39, 0.29) is 27.8 Å². The Balaban J connectivity index is 2.41. The highest BCUT2D eigenvalue weighted by molar-refractivity contribution is 5.96. The molecule has 0 amide bonds. The second kappa shape index (κ2) is 5.00. The van der Waals surface area contributed by atoms with Gasteiger partial charge >= 0.3 is 5.97 Å². The van der Waals surface area contributed by atoms with Crippen molar-refractivity contribution in [3.8, 4) is 16.9 Å². The molecule has 0 saturated carbocycles. The number of halogens is 1. The molecule has 0 atom stereocenters. The third kappa shape index (κ3) is 2.20. The molecule has 6 heteroatoms. The first-order valence-electron chi connectivity index (χ1n) is 6.26. The normalized spacial score (nSPS) is 10.8. The molecule has 1 aromatic heterocycles. The summed E-state index contributed by atoms with van der Waals surface area (Å²) in [6.45, 7) is 0. The van der Waals surface area contributed by atoms with Crippen molar-refractivity contribution in [2.75, 3.05) is 0 Å². The largest absolute Gasteiger partial charge is 0.508 e. The lowest BCUT2D eigenvalue weighted by Crippen LogP contribution is -2.12. The van der Waals surface area contributed by atoms with Gasteiger partial charge in [0.05, 0.1) is 10.9 Å². The Labute approximate surface area is 122 Å². The van der Waals surface area contributed by atoms with E-state index in [2.05, 4.69) is 0 Å². The molecule has 0 aliphatic heterocycles. The number of aromatic hydroxyl groups is 1. The van der Waals surface area contributed by atoms with Gasteiger partial charge in [-0.25, -0.2) is 9.18 Å². The predicted molar refractivity (Wildman–Crippen MR) is 76.5 cm³/mol. The summed E-state index contributed by atoms with van der Waals surface area (Å²) in [7, 11) is 0. The third-order valence-electron chi connectivity index (χ3n) is 3.20. The lowest BCUT2D eigenvalue weighted by Gasteiger charge is -2.07. The first-order valence-corrected chi connectivity index (χ1v) is 6.26. The standard InChI is InChI=1S/C16H9FO5/c17-9-3-1-8(2-4-9)13-14(19)11-6-5-10(18)7-12(11)22-15(13)16(20)21/h1-7,18H,(H,20,21). The second-order valence-electron chi connectivity index (χ2n) is 4.63. The van der Waals surface area contributed by atoms with Crippen LogP contribution in [-0.2, 0) is 0 Å². The van der Waals surface area contributed by atoms with Gasteiger partial charge in [-0.2, -0.15) is 0 Å². The average Bonchev–Trinajstić information content (AvgIpc) is 2.48. The van der Waals surface area contributed by atoms with Crippen LogP contribution in [0.25, 0.3) is 22.1 Å². The fraction of sp³-hybridized carbons (Fsp3) is 0. The monoisotopic (exact) mass is 300 g/mol. The average molecular weight is 300 g/mol. The van der Waals surface area contributed by atoms with Gasteiger partial charge in [0, 0.05) is 6.07 Å². The highest BCUT2D eigenvalue weighted by atomic mass is 19.1. The molecule has 5 nitrogen and oxygen atoms in total. The molecule has 1 heterocycles. The summed E-state index contributed by atoms with van der Waals surface area (Å²) < 4.78 is 18.3. The van der Waals surface area contributed by atoms with E-state index in [1.165, 1.54) is 24.3 Å². The van der Waals surface area contributed by atoms with Crippen molar-refractivity contribution in [1.82, 2.24) is 0 Å². The Bertz CT molecular complexity index is 941. The van der Waals surface area contributed by atoms with Crippen LogP contribution in [0.4, 0.5) is 4.39 Å². The van der Waals surface area contributed by atoms with Crippen LogP contribution < -0.4 is 5.43 Å². The Kier molecular flexibility index (Phi) is 3.14. The van der Waals surface area contributed by atoms with E-state index in [1.54, 1.807) is 0 Å². The molecule has 22 heavy (non-hydrogen) atoms. The van der Waals surface area contributed by atoms with Crippen molar-refractivity contribution in [3.05, 3.63) is 64.3 Å². The molecule has 0 bridgehead atoms. The van der Waals surface area contributed by atoms with Crippen molar-refractivity contribution in [3.63, 3.8) is 0 Å². The maximum Gasteiger partial charge on any atom is 0.372 e. The van der Waals surface area contributed by atoms with Crippen LogP contribution >= 0.6 is 0 Å².